The van der Waals surface area contributed by atoms with Gasteiger partial charge in [-0.05, 0) is 26.7 Å². The quantitative estimate of drug-likeness (QED) is 0.863. The third-order valence-electron chi connectivity index (χ3n) is 3.60. The first kappa shape index (κ1) is 11.0. The molecule has 1 fully saturated rings. The Morgan fingerprint density at radius 1 is 1.41 bits per heavy atom. The standard InChI is InChI=1S/C13H20N4/c1-9(2)17-6-5-12-10(8-17)7-14-13(16-12)15-11-3-4-11/h7,9,11H,3-6,8H2,1-2H3,(H,14,15,16). The Hall–Kier alpha value is -1.16. The second kappa shape index (κ2) is 4.26. The number of hydrogen-bond acceptors (Lipinski definition) is 4. The van der Waals surface area contributed by atoms with Crippen LogP contribution in [0.15, 0.2) is 6.20 Å². The normalized spacial score (nSPS) is 20.4. The molecule has 0 radical (unpaired) electrons. The Morgan fingerprint density at radius 3 is 2.94 bits per heavy atom. The van der Waals surface area contributed by atoms with Crippen LogP contribution in [-0.4, -0.2) is 33.5 Å². The first-order valence-electron chi connectivity index (χ1n) is 6.58. The van der Waals surface area contributed by atoms with Gasteiger partial charge in [-0.25, -0.2) is 9.97 Å². The van der Waals surface area contributed by atoms with E-state index in [0.717, 1.165) is 25.5 Å². The molecule has 92 valence electrons. The zero-order valence-corrected chi connectivity index (χ0v) is 10.6. The fraction of sp³-hybridized carbons (Fsp3) is 0.692. The molecule has 1 aliphatic carbocycles. The second-order valence-corrected chi connectivity index (χ2v) is 5.40. The topological polar surface area (TPSA) is 41.1 Å². The number of aromatic nitrogens is 2. The Morgan fingerprint density at radius 2 is 2.24 bits per heavy atom. The monoisotopic (exact) mass is 232 g/mol. The minimum Gasteiger partial charge on any atom is -0.351 e. The van der Waals surface area contributed by atoms with Gasteiger partial charge < -0.3 is 5.32 Å². The van der Waals surface area contributed by atoms with E-state index in [1.54, 1.807) is 0 Å². The summed E-state index contributed by atoms with van der Waals surface area (Å²) in [6.45, 7) is 6.60. The fourth-order valence-electron chi connectivity index (χ4n) is 2.26. The summed E-state index contributed by atoms with van der Waals surface area (Å²) in [5.41, 5.74) is 2.53. The van der Waals surface area contributed by atoms with Crippen LogP contribution in [0.5, 0.6) is 0 Å². The number of hydrogen-bond donors (Lipinski definition) is 1. The van der Waals surface area contributed by atoms with E-state index in [9.17, 15) is 0 Å². The smallest absolute Gasteiger partial charge is 0.223 e. The van der Waals surface area contributed by atoms with Gasteiger partial charge in [-0.15, -0.1) is 0 Å². The van der Waals surface area contributed by atoms with Crippen LogP contribution in [0.4, 0.5) is 5.95 Å². The largest absolute Gasteiger partial charge is 0.351 e. The SMILES string of the molecule is CC(C)N1CCc2nc(NC3CC3)ncc2C1. The van der Waals surface area contributed by atoms with E-state index in [2.05, 4.69) is 34.0 Å². The van der Waals surface area contributed by atoms with Crippen LogP contribution in [0.2, 0.25) is 0 Å². The number of anilines is 1. The fourth-order valence-corrected chi connectivity index (χ4v) is 2.26. The summed E-state index contributed by atoms with van der Waals surface area (Å²) in [5, 5.41) is 3.36. The Kier molecular flexibility index (Phi) is 2.74. The van der Waals surface area contributed by atoms with Crippen molar-refractivity contribution < 1.29 is 0 Å². The molecule has 0 atom stereocenters. The van der Waals surface area contributed by atoms with E-state index < -0.39 is 0 Å². The molecular weight excluding hydrogens is 212 g/mol. The van der Waals surface area contributed by atoms with E-state index in [-0.39, 0.29) is 0 Å². The highest BCUT2D eigenvalue weighted by atomic mass is 15.2. The first-order chi connectivity index (χ1) is 8.22. The second-order valence-electron chi connectivity index (χ2n) is 5.40. The molecule has 2 aliphatic rings. The Balaban J connectivity index is 1.75. The Bertz CT molecular complexity index is 412. The lowest BCUT2D eigenvalue weighted by atomic mass is 10.1. The molecule has 1 aromatic rings. The molecule has 17 heavy (non-hydrogen) atoms. The van der Waals surface area contributed by atoms with Crippen molar-refractivity contribution in [2.75, 3.05) is 11.9 Å². The summed E-state index contributed by atoms with van der Waals surface area (Å²) in [7, 11) is 0. The van der Waals surface area contributed by atoms with Gasteiger partial charge in [-0.1, -0.05) is 0 Å². The van der Waals surface area contributed by atoms with Crippen LogP contribution >= 0.6 is 0 Å². The van der Waals surface area contributed by atoms with Gasteiger partial charge in [0.2, 0.25) is 5.95 Å². The molecule has 4 nitrogen and oxygen atoms in total. The predicted octanol–water partition coefficient (Wildman–Crippen LogP) is 1.82. The lowest BCUT2D eigenvalue weighted by Crippen LogP contribution is -2.36. The molecule has 3 rings (SSSR count). The molecule has 0 amide bonds. The first-order valence-corrected chi connectivity index (χ1v) is 6.58. The van der Waals surface area contributed by atoms with Gasteiger partial charge in [0.15, 0.2) is 0 Å². The van der Waals surface area contributed by atoms with Crippen molar-refractivity contribution in [1.82, 2.24) is 14.9 Å². The van der Waals surface area contributed by atoms with Crippen molar-refractivity contribution in [1.29, 1.82) is 0 Å². The van der Waals surface area contributed by atoms with E-state index >= 15 is 0 Å². The lowest BCUT2D eigenvalue weighted by Gasteiger charge is -2.31. The van der Waals surface area contributed by atoms with E-state index in [4.69, 9.17) is 0 Å². The highest BCUT2D eigenvalue weighted by Gasteiger charge is 2.24. The van der Waals surface area contributed by atoms with Crippen LogP contribution in [0.25, 0.3) is 0 Å². The highest BCUT2D eigenvalue weighted by molar-refractivity contribution is 5.33. The Labute approximate surface area is 102 Å². The maximum Gasteiger partial charge on any atom is 0.223 e. The van der Waals surface area contributed by atoms with E-state index in [1.165, 1.54) is 24.1 Å². The van der Waals surface area contributed by atoms with Crippen LogP contribution in [0.1, 0.15) is 37.9 Å². The molecule has 1 N–H and O–H groups in total. The summed E-state index contributed by atoms with van der Waals surface area (Å²) < 4.78 is 0. The molecule has 2 heterocycles. The summed E-state index contributed by atoms with van der Waals surface area (Å²) in [4.78, 5) is 11.5. The average molecular weight is 232 g/mol. The van der Waals surface area contributed by atoms with Gasteiger partial charge in [0.1, 0.15) is 0 Å². The molecule has 1 saturated carbocycles. The molecule has 0 bridgehead atoms. The molecule has 0 saturated heterocycles. The minimum atomic E-state index is 0.604. The number of nitrogens with one attached hydrogen (secondary N) is 1. The van der Waals surface area contributed by atoms with Crippen molar-refractivity contribution in [2.45, 2.75) is 51.7 Å². The van der Waals surface area contributed by atoms with Crippen molar-refractivity contribution in [2.24, 2.45) is 0 Å². The highest BCUT2D eigenvalue weighted by Crippen LogP contribution is 2.24. The van der Waals surface area contributed by atoms with Crippen molar-refractivity contribution in [3.8, 4) is 0 Å². The molecule has 1 aromatic heterocycles. The number of fused-ring (bicyclic) bond motifs is 1. The van der Waals surface area contributed by atoms with Gasteiger partial charge in [-0.3, -0.25) is 4.90 Å². The number of nitrogens with zero attached hydrogens (tertiary/aromatic N) is 3. The summed E-state index contributed by atoms with van der Waals surface area (Å²) in [6, 6.07) is 1.23. The van der Waals surface area contributed by atoms with Crippen molar-refractivity contribution in [3.05, 3.63) is 17.5 Å². The molecule has 0 spiro atoms. The summed E-state index contributed by atoms with van der Waals surface area (Å²) in [5.74, 6) is 0.823. The maximum atomic E-state index is 4.64. The molecule has 4 heteroatoms. The number of rotatable bonds is 3. The maximum absolute atomic E-state index is 4.64. The minimum absolute atomic E-state index is 0.604. The summed E-state index contributed by atoms with van der Waals surface area (Å²) >= 11 is 0. The zero-order valence-electron chi connectivity index (χ0n) is 10.6. The van der Waals surface area contributed by atoms with Gasteiger partial charge in [0.25, 0.3) is 0 Å². The van der Waals surface area contributed by atoms with Gasteiger partial charge in [0, 0.05) is 43.4 Å². The average Bonchev–Trinajstić information content (AvgIpc) is 3.12. The van der Waals surface area contributed by atoms with Crippen LogP contribution < -0.4 is 5.32 Å². The third kappa shape index (κ3) is 2.41. The third-order valence-corrected chi connectivity index (χ3v) is 3.60. The van der Waals surface area contributed by atoms with E-state index in [0.29, 0.717) is 12.1 Å². The molecule has 0 aromatic carbocycles. The van der Waals surface area contributed by atoms with Gasteiger partial charge in [-0.2, -0.15) is 0 Å². The van der Waals surface area contributed by atoms with Crippen LogP contribution in [0.3, 0.4) is 0 Å². The predicted molar refractivity (Wildman–Crippen MR) is 67.9 cm³/mol. The molecular formula is C13H20N4. The van der Waals surface area contributed by atoms with Crippen LogP contribution in [-0.2, 0) is 13.0 Å². The van der Waals surface area contributed by atoms with Crippen LogP contribution in [0, 0.1) is 0 Å². The van der Waals surface area contributed by atoms with Gasteiger partial charge >= 0.3 is 0 Å². The lowest BCUT2D eigenvalue weighted by molar-refractivity contribution is 0.201. The van der Waals surface area contributed by atoms with Crippen molar-refractivity contribution in [3.63, 3.8) is 0 Å². The van der Waals surface area contributed by atoms with Gasteiger partial charge in [0.05, 0.1) is 5.69 Å². The van der Waals surface area contributed by atoms with Crippen molar-refractivity contribution >= 4 is 5.95 Å². The van der Waals surface area contributed by atoms with E-state index in [1.807, 2.05) is 6.20 Å². The molecule has 0 unspecified atom stereocenters. The zero-order chi connectivity index (χ0) is 11.8. The molecule has 1 aliphatic heterocycles. The summed E-state index contributed by atoms with van der Waals surface area (Å²) in [6.07, 6.45) is 5.58.